The van der Waals surface area contributed by atoms with E-state index >= 15 is 0 Å². The van der Waals surface area contributed by atoms with Gasteiger partial charge < -0.3 is 81.3 Å². The smallest absolute Gasteiger partial charge is 0.124 e. The molecule has 0 amide bonds. The topological polar surface area (TPSA) is 378 Å². The van der Waals surface area contributed by atoms with Gasteiger partial charge in [-0.1, -0.05) is 182 Å². The van der Waals surface area contributed by atoms with Crippen molar-refractivity contribution in [1.29, 1.82) is 0 Å². The number of fused-ring (bicyclic) bond motifs is 4. The van der Waals surface area contributed by atoms with Crippen molar-refractivity contribution in [3.63, 3.8) is 0 Å². The Balaban J connectivity index is 0.000000183. The Bertz CT molecular complexity index is 4090. The number of nitrogens with zero attached hydrogens (tertiary/aromatic N) is 9. The number of rotatable bonds is 15. The minimum Gasteiger partial charge on any atom is -0.508 e. The molecule has 0 aliphatic carbocycles. The highest BCUT2D eigenvalue weighted by Gasteiger charge is 2.36. The summed E-state index contributed by atoms with van der Waals surface area (Å²) in [6, 6.07) is 70.8. The van der Waals surface area contributed by atoms with Gasteiger partial charge in [-0.25, -0.2) is 0 Å². The summed E-state index contributed by atoms with van der Waals surface area (Å²) >= 11 is 0. The molecule has 10 aromatic rings. The van der Waals surface area contributed by atoms with Gasteiger partial charge in [0.15, 0.2) is 0 Å². The lowest BCUT2D eigenvalue weighted by Gasteiger charge is -2.56. The van der Waals surface area contributed by atoms with E-state index in [2.05, 4.69) is 60.0 Å². The normalized spacial score (nSPS) is 19.1. The van der Waals surface area contributed by atoms with Gasteiger partial charge in [0.25, 0.3) is 0 Å². The summed E-state index contributed by atoms with van der Waals surface area (Å²) in [7, 11) is 1.00. The number of phenols is 10. The van der Waals surface area contributed by atoms with Crippen LogP contribution in [0.1, 0.15) is 69.0 Å². The van der Waals surface area contributed by atoms with Crippen molar-refractivity contribution >= 4 is 0 Å². The molecule has 18 N–H and O–H groups in total. The van der Waals surface area contributed by atoms with Crippen LogP contribution < -0.4 is 16.0 Å². The standard InChI is InChI=1S/C15H16O2.2C14H14O3.C12H18N4O.2C7H8O2.C6H12N4.C6H6O.C5H12N4.C2H6O.CH4O/c16-14-10-3-1-6-12(14)8-5-9-13-7-2-4-11-15(13)17;15-13-7-3-1-5-11(13)9-17-10-12-6-2-4-8-14(12)16;15-9-12-6-3-5-11(14(12)17)8-10-4-1-2-7-13(10)16;17-12-4-2-1-3-11(12)5-14-8-15-6-13-7-16(9-14)10-15;2*8-5-6-3-1-2-4-7(6)9;1-7-2-9-4-8(1)5-10(3-7)6-9;7-6-4-2-1-3-5-6;1-6-2-9-4-7-3-8(1)5-9;1-2-3;1-2/h1-4,6-7,10-11,16-17H,5,8-9H2;1-8,15-16H,9-10H2;1-7,15-17H,8-9H2;1-4,13,17H,5-10H2;2*1-4,8-9H,5H2;1-6H2;1-5,7H;6-7H,1-5H2;3H,2H2,1H3;2H,1H3. The fraction of sp³-hybridized carbons (Fsp3) is 0.326. The van der Waals surface area contributed by atoms with Gasteiger partial charge in [-0.05, 0) is 109 Å². The van der Waals surface area contributed by atoms with Crippen LogP contribution in [0.4, 0.5) is 0 Å². The van der Waals surface area contributed by atoms with Crippen molar-refractivity contribution < 1.29 is 81.3 Å². The van der Waals surface area contributed by atoms with Gasteiger partial charge in [0.2, 0.25) is 0 Å². The van der Waals surface area contributed by atoms with Gasteiger partial charge in [0, 0.05) is 60.1 Å². The Hall–Kier alpha value is -10.5. The molecule has 630 valence electrons. The average molecular weight is 1610 g/mol. The molecule has 0 saturated carbocycles. The van der Waals surface area contributed by atoms with Crippen LogP contribution >= 0.6 is 0 Å². The molecular formula is C89H118N12O16. The molecule has 2 unspecified atom stereocenters. The molecule has 8 fully saturated rings. The number of nitrogens with one attached hydrogen (secondary N) is 3. The van der Waals surface area contributed by atoms with Crippen LogP contribution in [-0.2, 0) is 63.6 Å². The van der Waals surface area contributed by atoms with Gasteiger partial charge in [0.05, 0.1) is 140 Å². The number of aromatic hydroxyl groups is 10. The van der Waals surface area contributed by atoms with E-state index in [1.54, 1.807) is 171 Å². The van der Waals surface area contributed by atoms with Gasteiger partial charge in [-0.15, -0.1) is 0 Å². The Morgan fingerprint density at radius 3 is 0.846 bits per heavy atom. The minimum absolute atomic E-state index is 0.0956. The molecule has 117 heavy (non-hydrogen) atoms. The van der Waals surface area contributed by atoms with Crippen LogP contribution in [0.15, 0.2) is 243 Å². The first-order valence-electron chi connectivity index (χ1n) is 38.7. The maximum atomic E-state index is 9.90. The van der Waals surface area contributed by atoms with Crippen molar-refractivity contribution in [2.24, 2.45) is 0 Å². The van der Waals surface area contributed by atoms with E-state index in [4.69, 9.17) is 45.6 Å². The number of aryl methyl sites for hydroxylation is 2. The van der Waals surface area contributed by atoms with Crippen molar-refractivity contribution in [3.8, 4) is 57.5 Å². The molecule has 28 heteroatoms. The highest BCUT2D eigenvalue weighted by atomic mass is 16.5. The van der Waals surface area contributed by atoms with E-state index in [9.17, 15) is 35.7 Å². The number of para-hydroxylation sites is 10. The second-order valence-electron chi connectivity index (χ2n) is 27.9. The zero-order valence-corrected chi connectivity index (χ0v) is 66.8. The highest BCUT2D eigenvalue weighted by Crippen LogP contribution is 2.30. The van der Waals surface area contributed by atoms with Crippen LogP contribution in [0.3, 0.4) is 0 Å². The van der Waals surface area contributed by atoms with Crippen LogP contribution in [0, 0.1) is 0 Å². The predicted molar refractivity (Wildman–Crippen MR) is 451 cm³/mol. The summed E-state index contributed by atoms with van der Waals surface area (Å²) in [5.74, 6) is 2.48. The second-order valence-corrected chi connectivity index (χ2v) is 27.9. The number of hydrogen-bond donors (Lipinski definition) is 18. The van der Waals surface area contributed by atoms with Gasteiger partial charge in [-0.2, -0.15) is 0 Å². The minimum atomic E-state index is -0.194. The van der Waals surface area contributed by atoms with Gasteiger partial charge in [-0.3, -0.25) is 60.0 Å². The van der Waals surface area contributed by atoms with Crippen molar-refractivity contribution in [3.05, 3.63) is 298 Å². The molecule has 28 nitrogen and oxygen atoms in total. The summed E-state index contributed by atoms with van der Waals surface area (Å²) in [6.07, 6.45) is 2.99. The van der Waals surface area contributed by atoms with E-state index in [0.717, 1.165) is 133 Å². The Morgan fingerprint density at radius 1 is 0.274 bits per heavy atom. The molecule has 18 rings (SSSR count). The quantitative estimate of drug-likeness (QED) is 0.0455. The molecule has 8 saturated heterocycles. The fourth-order valence-corrected chi connectivity index (χ4v) is 13.0. The molecule has 8 bridgehead atoms. The predicted octanol–water partition coefficient (Wildman–Crippen LogP) is 8.80. The first kappa shape index (κ1) is 93.6. The van der Waals surface area contributed by atoms with Crippen LogP contribution in [0.2, 0.25) is 0 Å². The molecule has 0 radical (unpaired) electrons. The van der Waals surface area contributed by atoms with E-state index in [1.807, 2.05) is 78.9 Å². The summed E-state index contributed by atoms with van der Waals surface area (Å²) in [6.45, 7) is 20.2. The molecular weight excluding hydrogens is 1490 g/mol. The van der Waals surface area contributed by atoms with Crippen molar-refractivity contribution in [2.45, 2.75) is 72.2 Å². The third-order valence-corrected chi connectivity index (χ3v) is 18.6. The lowest BCUT2D eigenvalue weighted by Crippen LogP contribution is -2.71. The molecule has 0 aromatic heterocycles. The number of hydrogen-bond acceptors (Lipinski definition) is 28. The number of benzene rings is 10. The number of phenolic OH excluding ortho intramolecular Hbond substituents is 7. The van der Waals surface area contributed by atoms with Gasteiger partial charge >= 0.3 is 0 Å². The number of aliphatic hydroxyl groups is 5. The molecule has 8 aliphatic heterocycles. The third-order valence-electron chi connectivity index (χ3n) is 18.6. The first-order valence-corrected chi connectivity index (χ1v) is 38.7. The monoisotopic (exact) mass is 1610 g/mol. The average Bonchev–Trinajstić information content (AvgIpc) is 0.788. The Morgan fingerprint density at radius 2 is 0.538 bits per heavy atom. The summed E-state index contributed by atoms with van der Waals surface area (Å²) in [5.41, 5.74) is 7.48. The highest BCUT2D eigenvalue weighted by molar-refractivity contribution is 5.45. The van der Waals surface area contributed by atoms with Crippen LogP contribution in [-0.4, -0.2) is 241 Å². The van der Waals surface area contributed by atoms with Gasteiger partial charge in [0.1, 0.15) is 57.5 Å². The van der Waals surface area contributed by atoms with E-state index in [0.29, 0.717) is 64.9 Å². The maximum absolute atomic E-state index is 9.90. The molecule has 0 spiro atoms. The van der Waals surface area contributed by atoms with Crippen LogP contribution in [0.5, 0.6) is 57.5 Å². The Labute approximate surface area is 686 Å². The molecule has 8 heterocycles. The van der Waals surface area contributed by atoms with Crippen molar-refractivity contribution in [1.82, 2.24) is 60.0 Å². The fourth-order valence-electron chi connectivity index (χ4n) is 13.0. The molecule has 8 aliphatic rings. The summed E-state index contributed by atoms with van der Waals surface area (Å²) in [5, 5.41) is 145. The maximum Gasteiger partial charge on any atom is 0.124 e. The lowest BCUT2D eigenvalue weighted by molar-refractivity contribution is -0.194. The second kappa shape index (κ2) is 52.9. The number of ether oxygens (including phenoxy) is 1. The third kappa shape index (κ3) is 33.6. The zero-order chi connectivity index (χ0) is 83.9. The number of aliphatic hydroxyl groups excluding tert-OH is 5. The van der Waals surface area contributed by atoms with E-state index in [1.165, 1.54) is 40.0 Å². The summed E-state index contributed by atoms with van der Waals surface area (Å²) in [4.78, 5) is 21.6. The van der Waals surface area contributed by atoms with Crippen LogP contribution in [0.25, 0.3) is 0 Å². The summed E-state index contributed by atoms with van der Waals surface area (Å²) < 4.78 is 5.45. The largest absolute Gasteiger partial charge is 0.508 e. The van der Waals surface area contributed by atoms with E-state index < -0.39 is 0 Å². The lowest BCUT2D eigenvalue weighted by atomic mass is 10.0. The SMILES string of the molecule is C1N2CN3CN1CN(C2)C3.C1NCN2CNCN1C2.CCO.CO.OCc1cccc(Cc2ccccc2O)c1O.OCc1ccccc1O.OCc1ccccc1O.Oc1ccccc1.Oc1ccccc1CCCc1ccccc1O.Oc1ccccc1CN1CN2CNCN(C2)C1.Oc1ccccc1COCc1ccccc1O. The van der Waals surface area contributed by atoms with Crippen molar-refractivity contribution in [2.75, 3.05) is 120 Å². The molecule has 10 aromatic carbocycles. The first-order chi connectivity index (χ1) is 56.9. The Kier molecular flexibility index (Phi) is 42.4. The molecule has 2 atom stereocenters. The zero-order valence-electron chi connectivity index (χ0n) is 66.8. The van der Waals surface area contributed by atoms with E-state index in [-0.39, 0.29) is 60.9 Å².